The van der Waals surface area contributed by atoms with Crippen molar-refractivity contribution in [1.29, 1.82) is 0 Å². The Morgan fingerprint density at radius 1 is 1.07 bits per heavy atom. The highest BCUT2D eigenvalue weighted by Crippen LogP contribution is 2.29. The number of piperazine rings is 1. The van der Waals surface area contributed by atoms with Gasteiger partial charge in [-0.25, -0.2) is 8.42 Å². The van der Waals surface area contributed by atoms with E-state index in [1.807, 2.05) is 33.8 Å². The standard InChI is InChI=1S/C19H29N3O4S.ClH/c1-13-11-14(2)16(4)18(15(13)3)27(24,25)22-8-6-21(7-9-22)19(23)17-12-20-5-10-26-17;/h11,17,20H,5-10,12H2,1-4H3;1H. The maximum Gasteiger partial charge on any atom is 0.253 e. The Kier molecular flexibility index (Phi) is 7.50. The Bertz CT molecular complexity index is 804. The number of hydrogen-bond donors (Lipinski definition) is 1. The Balaban J connectivity index is 0.00000280. The van der Waals surface area contributed by atoms with E-state index in [-0.39, 0.29) is 18.3 Å². The van der Waals surface area contributed by atoms with Gasteiger partial charge in [-0.2, -0.15) is 4.31 Å². The number of benzene rings is 1. The first-order valence-corrected chi connectivity index (χ1v) is 10.9. The van der Waals surface area contributed by atoms with Crippen LogP contribution >= 0.6 is 12.4 Å². The molecule has 0 aromatic heterocycles. The summed E-state index contributed by atoms with van der Waals surface area (Å²) in [7, 11) is -3.59. The molecule has 1 amide bonds. The van der Waals surface area contributed by atoms with Gasteiger partial charge in [-0.15, -0.1) is 12.4 Å². The van der Waals surface area contributed by atoms with E-state index < -0.39 is 16.1 Å². The van der Waals surface area contributed by atoms with Gasteiger partial charge in [0.05, 0.1) is 11.5 Å². The number of ether oxygens (including phenoxy) is 1. The molecular weight excluding hydrogens is 402 g/mol. The predicted octanol–water partition coefficient (Wildman–Crippen LogP) is 1.16. The SMILES string of the molecule is Cc1cc(C)c(C)c(S(=O)(=O)N2CCN(C(=O)C3CNCCO3)CC2)c1C.Cl. The van der Waals surface area contributed by atoms with E-state index >= 15 is 0 Å². The summed E-state index contributed by atoms with van der Waals surface area (Å²) in [5.74, 6) is -0.0574. The van der Waals surface area contributed by atoms with Crippen molar-refractivity contribution in [2.45, 2.75) is 38.7 Å². The van der Waals surface area contributed by atoms with Crippen LogP contribution in [0.25, 0.3) is 0 Å². The Morgan fingerprint density at radius 2 is 1.64 bits per heavy atom. The highest BCUT2D eigenvalue weighted by molar-refractivity contribution is 7.89. The maximum absolute atomic E-state index is 13.3. The van der Waals surface area contributed by atoms with Gasteiger partial charge in [0.1, 0.15) is 6.10 Å². The molecule has 28 heavy (non-hydrogen) atoms. The van der Waals surface area contributed by atoms with Crippen LogP contribution in [0.1, 0.15) is 22.3 Å². The number of sulfonamides is 1. The van der Waals surface area contributed by atoms with Crippen LogP contribution in [0.15, 0.2) is 11.0 Å². The number of morpholine rings is 1. The van der Waals surface area contributed by atoms with E-state index in [0.29, 0.717) is 44.2 Å². The summed E-state index contributed by atoms with van der Waals surface area (Å²) >= 11 is 0. The van der Waals surface area contributed by atoms with Crippen molar-refractivity contribution in [2.24, 2.45) is 0 Å². The number of amides is 1. The molecule has 2 aliphatic heterocycles. The fraction of sp³-hybridized carbons (Fsp3) is 0.632. The summed E-state index contributed by atoms with van der Waals surface area (Å²) < 4.78 is 33.6. The average molecular weight is 432 g/mol. The molecule has 158 valence electrons. The molecule has 0 aliphatic carbocycles. The highest BCUT2D eigenvalue weighted by Gasteiger charge is 2.35. The monoisotopic (exact) mass is 431 g/mol. The minimum atomic E-state index is -3.59. The fourth-order valence-electron chi connectivity index (χ4n) is 3.77. The van der Waals surface area contributed by atoms with Crippen LogP contribution in [0, 0.1) is 27.7 Å². The third-order valence-electron chi connectivity index (χ3n) is 5.65. The van der Waals surface area contributed by atoms with E-state index in [1.165, 1.54) is 4.31 Å². The summed E-state index contributed by atoms with van der Waals surface area (Å²) in [6.45, 7) is 10.8. The minimum absolute atomic E-state index is 0. The van der Waals surface area contributed by atoms with Crippen molar-refractivity contribution in [3.63, 3.8) is 0 Å². The molecule has 1 atom stereocenters. The number of halogens is 1. The highest BCUT2D eigenvalue weighted by atomic mass is 35.5. The molecular formula is C19H30ClN3O4S. The average Bonchev–Trinajstić information content (AvgIpc) is 2.66. The topological polar surface area (TPSA) is 79.0 Å². The number of aryl methyl sites for hydroxylation is 2. The smallest absolute Gasteiger partial charge is 0.253 e. The number of carbonyl (C=O) groups excluding carboxylic acids is 1. The molecule has 0 bridgehead atoms. The van der Waals surface area contributed by atoms with Gasteiger partial charge in [-0.05, 0) is 49.9 Å². The fourth-order valence-corrected chi connectivity index (χ4v) is 5.77. The van der Waals surface area contributed by atoms with Crippen molar-refractivity contribution in [1.82, 2.24) is 14.5 Å². The molecule has 1 aromatic carbocycles. The third kappa shape index (κ3) is 4.36. The lowest BCUT2D eigenvalue weighted by molar-refractivity contribution is -0.146. The number of hydrogen-bond acceptors (Lipinski definition) is 5. The number of nitrogens with one attached hydrogen (secondary N) is 1. The van der Waals surface area contributed by atoms with Gasteiger partial charge in [0.2, 0.25) is 10.0 Å². The maximum atomic E-state index is 13.3. The molecule has 0 saturated carbocycles. The normalized spacial score (nSPS) is 21.3. The van der Waals surface area contributed by atoms with Gasteiger partial charge < -0.3 is 15.0 Å². The zero-order valence-electron chi connectivity index (χ0n) is 16.9. The van der Waals surface area contributed by atoms with Crippen LogP contribution in [0.2, 0.25) is 0 Å². The summed E-state index contributed by atoms with van der Waals surface area (Å²) in [5.41, 5.74) is 3.57. The first-order chi connectivity index (χ1) is 12.7. The molecule has 3 rings (SSSR count). The van der Waals surface area contributed by atoms with Gasteiger partial charge in [0.25, 0.3) is 5.91 Å². The molecule has 2 heterocycles. The molecule has 2 aliphatic rings. The van der Waals surface area contributed by atoms with Gasteiger partial charge in [-0.3, -0.25) is 4.79 Å². The quantitative estimate of drug-likeness (QED) is 0.777. The van der Waals surface area contributed by atoms with E-state index in [9.17, 15) is 13.2 Å². The van der Waals surface area contributed by atoms with Crippen molar-refractivity contribution in [2.75, 3.05) is 45.9 Å². The van der Waals surface area contributed by atoms with E-state index in [4.69, 9.17) is 4.74 Å². The van der Waals surface area contributed by atoms with Crippen LogP contribution in [0.5, 0.6) is 0 Å². The van der Waals surface area contributed by atoms with Crippen molar-refractivity contribution >= 4 is 28.3 Å². The largest absolute Gasteiger partial charge is 0.366 e. The first kappa shape index (κ1) is 23.1. The Hall–Kier alpha value is -1.19. The van der Waals surface area contributed by atoms with Gasteiger partial charge in [0.15, 0.2) is 0 Å². The first-order valence-electron chi connectivity index (χ1n) is 9.42. The number of carbonyl (C=O) groups is 1. The lowest BCUT2D eigenvalue weighted by Crippen LogP contribution is -2.56. The van der Waals surface area contributed by atoms with E-state index in [0.717, 1.165) is 28.8 Å². The number of nitrogens with zero attached hydrogens (tertiary/aromatic N) is 2. The summed E-state index contributed by atoms with van der Waals surface area (Å²) in [6, 6.07) is 2.03. The summed E-state index contributed by atoms with van der Waals surface area (Å²) in [4.78, 5) is 14.7. The molecule has 1 aromatic rings. The van der Waals surface area contributed by atoms with Crippen molar-refractivity contribution < 1.29 is 17.9 Å². The van der Waals surface area contributed by atoms with E-state index in [2.05, 4.69) is 5.32 Å². The zero-order chi connectivity index (χ0) is 19.8. The van der Waals surface area contributed by atoms with Crippen LogP contribution in [-0.2, 0) is 19.6 Å². The van der Waals surface area contributed by atoms with Crippen LogP contribution in [0.4, 0.5) is 0 Å². The molecule has 1 N–H and O–H groups in total. The molecule has 7 nitrogen and oxygen atoms in total. The Labute approximate surface area is 173 Å². The lowest BCUT2D eigenvalue weighted by Gasteiger charge is -2.37. The van der Waals surface area contributed by atoms with E-state index in [1.54, 1.807) is 4.90 Å². The molecule has 1 unspecified atom stereocenters. The third-order valence-corrected chi connectivity index (χ3v) is 7.82. The van der Waals surface area contributed by atoms with Crippen LogP contribution in [0.3, 0.4) is 0 Å². The van der Waals surface area contributed by atoms with Crippen molar-refractivity contribution in [3.05, 3.63) is 28.3 Å². The second-order valence-corrected chi connectivity index (χ2v) is 9.26. The number of rotatable bonds is 3. The second-order valence-electron chi connectivity index (χ2n) is 7.38. The van der Waals surface area contributed by atoms with Gasteiger partial charge in [0, 0.05) is 39.3 Å². The summed E-state index contributed by atoms with van der Waals surface area (Å²) in [6.07, 6.45) is -0.467. The predicted molar refractivity (Wildman–Crippen MR) is 111 cm³/mol. The zero-order valence-corrected chi connectivity index (χ0v) is 18.6. The molecule has 9 heteroatoms. The lowest BCUT2D eigenvalue weighted by atomic mass is 10.0. The van der Waals surface area contributed by atoms with Crippen molar-refractivity contribution in [3.8, 4) is 0 Å². The van der Waals surface area contributed by atoms with Gasteiger partial charge >= 0.3 is 0 Å². The molecule has 2 fully saturated rings. The molecule has 0 spiro atoms. The molecule has 0 radical (unpaired) electrons. The Morgan fingerprint density at radius 3 is 2.14 bits per heavy atom. The second kappa shape index (κ2) is 9.09. The molecule has 2 saturated heterocycles. The van der Waals surface area contributed by atoms with Crippen LogP contribution in [-0.4, -0.2) is 75.5 Å². The minimum Gasteiger partial charge on any atom is -0.366 e. The van der Waals surface area contributed by atoms with Gasteiger partial charge in [-0.1, -0.05) is 6.07 Å². The van der Waals surface area contributed by atoms with Crippen LogP contribution < -0.4 is 5.32 Å². The summed E-state index contributed by atoms with van der Waals surface area (Å²) in [5, 5.41) is 3.15.